The van der Waals surface area contributed by atoms with E-state index in [1.54, 1.807) is 13.0 Å². The minimum absolute atomic E-state index is 0.0256. The number of pyridine rings is 1. The molecule has 1 N–H and O–H groups in total. The number of aliphatic hydroxyl groups excluding tert-OH is 1. The number of β-amino-alcohol motifs (C(OH)–C–C–N with tert-alkyl or cyclic N) is 1. The van der Waals surface area contributed by atoms with Crippen LogP contribution in [0.3, 0.4) is 0 Å². The zero-order chi connectivity index (χ0) is 14.9. The lowest BCUT2D eigenvalue weighted by atomic mass is 10.2. The fourth-order valence-corrected chi connectivity index (χ4v) is 2.65. The van der Waals surface area contributed by atoms with Crippen molar-refractivity contribution in [2.45, 2.75) is 25.5 Å². The van der Waals surface area contributed by atoms with Crippen LogP contribution in [0.25, 0.3) is 0 Å². The number of hydrogen-bond acceptors (Lipinski definition) is 6. The Kier molecular flexibility index (Phi) is 4.20. The molecule has 0 radical (unpaired) electrons. The topological polar surface area (TPSA) is 82.7 Å². The van der Waals surface area contributed by atoms with Crippen LogP contribution in [0.4, 0.5) is 11.5 Å². The molecule has 0 bridgehead atoms. The Morgan fingerprint density at radius 1 is 1.60 bits per heavy atom. The summed E-state index contributed by atoms with van der Waals surface area (Å²) in [5.74, 6) is 0.691. The largest absolute Gasteiger partial charge is 0.391 e. The molecule has 1 aliphatic rings. The number of aromatic nitrogens is 1. The van der Waals surface area contributed by atoms with Crippen LogP contribution in [-0.4, -0.2) is 59.2 Å². The predicted molar refractivity (Wildman–Crippen MR) is 75.9 cm³/mol. The number of anilines is 1. The molecule has 2 rings (SSSR count). The van der Waals surface area contributed by atoms with E-state index in [0.717, 1.165) is 6.54 Å². The number of aliphatic hydroxyl groups is 1. The minimum atomic E-state index is -0.428. The van der Waals surface area contributed by atoms with Gasteiger partial charge in [0.1, 0.15) is 12.0 Å². The van der Waals surface area contributed by atoms with Crippen molar-refractivity contribution in [3.8, 4) is 0 Å². The molecule has 1 aromatic heterocycles. The van der Waals surface area contributed by atoms with Crippen LogP contribution in [0.15, 0.2) is 12.3 Å². The fourth-order valence-electron chi connectivity index (χ4n) is 2.65. The van der Waals surface area contributed by atoms with Crippen LogP contribution in [-0.2, 0) is 0 Å². The molecule has 2 unspecified atom stereocenters. The van der Waals surface area contributed by atoms with Crippen molar-refractivity contribution >= 4 is 11.5 Å². The van der Waals surface area contributed by atoms with Gasteiger partial charge >= 0.3 is 0 Å². The second kappa shape index (κ2) is 5.72. The third-order valence-corrected chi connectivity index (χ3v) is 3.53. The Morgan fingerprint density at radius 3 is 2.85 bits per heavy atom. The van der Waals surface area contributed by atoms with Gasteiger partial charge in [0.2, 0.25) is 0 Å². The molecule has 2 heterocycles. The van der Waals surface area contributed by atoms with Crippen molar-refractivity contribution in [1.82, 2.24) is 9.88 Å². The van der Waals surface area contributed by atoms with Gasteiger partial charge in [-0.25, -0.2) is 4.98 Å². The van der Waals surface area contributed by atoms with Crippen LogP contribution in [0, 0.1) is 17.0 Å². The summed E-state index contributed by atoms with van der Waals surface area (Å²) in [5.41, 5.74) is 0.614. The molecule has 0 saturated carbocycles. The summed E-state index contributed by atoms with van der Waals surface area (Å²) in [6.07, 6.45) is 1.61. The van der Waals surface area contributed by atoms with Crippen molar-refractivity contribution in [3.05, 3.63) is 27.9 Å². The summed E-state index contributed by atoms with van der Waals surface area (Å²) >= 11 is 0. The smallest absolute Gasteiger partial charge is 0.290 e. The zero-order valence-electron chi connectivity index (χ0n) is 12.0. The third-order valence-electron chi connectivity index (χ3n) is 3.53. The number of likely N-dealkylation sites (N-methyl/N-ethyl adjacent to an activating group) is 1. The molecule has 1 aromatic rings. The summed E-state index contributed by atoms with van der Waals surface area (Å²) in [4.78, 5) is 18.7. The molecule has 20 heavy (non-hydrogen) atoms. The van der Waals surface area contributed by atoms with Gasteiger partial charge < -0.3 is 14.9 Å². The summed E-state index contributed by atoms with van der Waals surface area (Å²) in [7, 11) is 3.97. The first kappa shape index (κ1) is 14.7. The molecule has 0 aliphatic carbocycles. The Labute approximate surface area is 118 Å². The highest BCUT2D eigenvalue weighted by molar-refractivity contribution is 5.50. The van der Waals surface area contributed by atoms with Crippen LogP contribution < -0.4 is 4.90 Å². The lowest BCUT2D eigenvalue weighted by molar-refractivity contribution is -0.385. The monoisotopic (exact) mass is 280 g/mol. The second-order valence-corrected chi connectivity index (χ2v) is 5.54. The highest BCUT2D eigenvalue weighted by Gasteiger charge is 2.32. The molecular formula is C13H20N4O3. The van der Waals surface area contributed by atoms with E-state index in [1.807, 2.05) is 19.0 Å². The van der Waals surface area contributed by atoms with Crippen molar-refractivity contribution in [3.63, 3.8) is 0 Å². The maximum absolute atomic E-state index is 10.8. The van der Waals surface area contributed by atoms with Crippen LogP contribution in [0.5, 0.6) is 0 Å². The van der Waals surface area contributed by atoms with E-state index in [2.05, 4.69) is 9.88 Å². The Morgan fingerprint density at radius 2 is 2.30 bits per heavy atom. The molecule has 1 fully saturated rings. The third kappa shape index (κ3) is 3.05. The maximum Gasteiger partial charge on any atom is 0.290 e. The summed E-state index contributed by atoms with van der Waals surface area (Å²) in [5, 5.41) is 20.7. The minimum Gasteiger partial charge on any atom is -0.391 e. The molecular weight excluding hydrogens is 260 g/mol. The molecule has 0 spiro atoms. The number of aryl methyl sites for hydroxylation is 1. The van der Waals surface area contributed by atoms with Crippen LogP contribution in [0.2, 0.25) is 0 Å². The first-order valence-corrected chi connectivity index (χ1v) is 6.59. The van der Waals surface area contributed by atoms with Crippen molar-refractivity contribution in [1.29, 1.82) is 0 Å². The van der Waals surface area contributed by atoms with Crippen molar-refractivity contribution in [2.75, 3.05) is 32.1 Å². The standard InChI is InChI=1S/C13H20N4O3/c1-9-4-13(14-6-12(9)17(19)20)16-8-11(18)5-10(16)7-15(2)3/h4,6,10-11,18H,5,7-8H2,1-3H3. The van der Waals surface area contributed by atoms with E-state index < -0.39 is 4.92 Å². The summed E-state index contributed by atoms with van der Waals surface area (Å²) in [6.45, 7) is 3.04. The fraction of sp³-hybridized carbons (Fsp3) is 0.615. The van der Waals surface area contributed by atoms with Gasteiger partial charge in [0.25, 0.3) is 5.69 Å². The average Bonchev–Trinajstić information content (AvgIpc) is 2.68. The van der Waals surface area contributed by atoms with Gasteiger partial charge in [-0.2, -0.15) is 0 Å². The molecule has 0 amide bonds. The normalized spacial score (nSPS) is 22.6. The molecule has 2 atom stereocenters. The Hall–Kier alpha value is -1.73. The predicted octanol–water partition coefficient (Wildman–Crippen LogP) is 0.799. The first-order valence-electron chi connectivity index (χ1n) is 6.59. The van der Waals surface area contributed by atoms with Crippen molar-refractivity contribution < 1.29 is 10.0 Å². The molecule has 1 saturated heterocycles. The molecule has 0 aromatic carbocycles. The van der Waals surface area contributed by atoms with E-state index in [1.165, 1.54) is 6.20 Å². The molecule has 1 aliphatic heterocycles. The Balaban J connectivity index is 2.25. The van der Waals surface area contributed by atoms with E-state index >= 15 is 0 Å². The Bertz CT molecular complexity index is 506. The lowest BCUT2D eigenvalue weighted by Crippen LogP contribution is -2.38. The quantitative estimate of drug-likeness (QED) is 0.649. The molecule has 7 nitrogen and oxygen atoms in total. The van der Waals surface area contributed by atoms with E-state index in [0.29, 0.717) is 24.3 Å². The van der Waals surface area contributed by atoms with Gasteiger partial charge in [0.15, 0.2) is 0 Å². The van der Waals surface area contributed by atoms with Gasteiger partial charge in [0.05, 0.1) is 11.0 Å². The second-order valence-electron chi connectivity index (χ2n) is 5.54. The van der Waals surface area contributed by atoms with Crippen LogP contribution in [0.1, 0.15) is 12.0 Å². The van der Waals surface area contributed by atoms with E-state index in [4.69, 9.17) is 0 Å². The highest BCUT2D eigenvalue weighted by atomic mass is 16.6. The number of rotatable bonds is 4. The summed E-state index contributed by atoms with van der Waals surface area (Å²) < 4.78 is 0. The van der Waals surface area contributed by atoms with Crippen molar-refractivity contribution in [2.24, 2.45) is 0 Å². The zero-order valence-corrected chi connectivity index (χ0v) is 12.0. The van der Waals surface area contributed by atoms with Crippen LogP contribution >= 0.6 is 0 Å². The average molecular weight is 280 g/mol. The van der Waals surface area contributed by atoms with Gasteiger partial charge in [-0.3, -0.25) is 10.1 Å². The van der Waals surface area contributed by atoms with E-state index in [-0.39, 0.29) is 17.8 Å². The highest BCUT2D eigenvalue weighted by Crippen LogP contribution is 2.27. The maximum atomic E-state index is 10.8. The summed E-state index contributed by atoms with van der Waals surface area (Å²) in [6, 6.07) is 1.90. The van der Waals surface area contributed by atoms with Gasteiger partial charge in [-0.15, -0.1) is 0 Å². The first-order chi connectivity index (χ1) is 9.38. The number of hydrogen-bond donors (Lipinski definition) is 1. The molecule has 110 valence electrons. The lowest BCUT2D eigenvalue weighted by Gasteiger charge is -2.27. The van der Waals surface area contributed by atoms with Gasteiger partial charge in [-0.1, -0.05) is 0 Å². The number of nitrogens with zero attached hydrogens (tertiary/aromatic N) is 4. The number of nitro groups is 1. The van der Waals surface area contributed by atoms with Gasteiger partial charge in [-0.05, 0) is 33.5 Å². The van der Waals surface area contributed by atoms with E-state index in [9.17, 15) is 15.2 Å². The molecule has 7 heteroatoms. The SMILES string of the molecule is Cc1cc(N2CC(O)CC2CN(C)C)ncc1[N+](=O)[O-]. The van der Waals surface area contributed by atoms with Gasteiger partial charge in [0, 0.05) is 24.7 Å².